The Kier molecular flexibility index (Phi) is 12.1. The van der Waals surface area contributed by atoms with E-state index in [1.807, 2.05) is 31.2 Å². The van der Waals surface area contributed by atoms with Crippen molar-refractivity contribution in [2.24, 2.45) is 10.2 Å². The van der Waals surface area contributed by atoms with Crippen LogP contribution in [0.15, 0.2) is 98.9 Å². The number of fused-ring (bicyclic) bond motifs is 1. The average molecular weight is 757 g/mol. The molecule has 0 bridgehead atoms. The Morgan fingerprint density at radius 1 is 0.837 bits per heavy atom. The zero-order chi connectivity index (χ0) is 33.7. The van der Waals surface area contributed by atoms with Crippen LogP contribution in [0.1, 0.15) is 5.56 Å². The van der Waals surface area contributed by atoms with E-state index in [0.29, 0.717) is 11.4 Å². The summed E-state index contributed by atoms with van der Waals surface area (Å²) in [5.74, 6) is -1.47. The maximum Gasteiger partial charge on any atom is 1.00 e. The molecule has 49 heavy (non-hydrogen) atoms. The fourth-order valence-corrected chi connectivity index (χ4v) is 6.22. The Bertz CT molecular complexity index is 2450. The second-order valence-corrected chi connectivity index (χ2v) is 13.4. The molecule has 0 aliphatic carbocycles. The fourth-order valence-electron chi connectivity index (χ4n) is 4.67. The molecular weight excluding hydrogens is 739 g/mol. The van der Waals surface area contributed by atoms with Crippen molar-refractivity contribution in [2.75, 3.05) is 0 Å². The molecule has 0 unspecified atom stereocenters. The second kappa shape index (κ2) is 15.2. The van der Waals surface area contributed by atoms with Gasteiger partial charge in [0.25, 0.3) is 10.1 Å². The van der Waals surface area contributed by atoms with E-state index < -0.39 is 57.9 Å². The van der Waals surface area contributed by atoms with Crippen molar-refractivity contribution in [3.63, 3.8) is 0 Å². The van der Waals surface area contributed by atoms with E-state index in [0.717, 1.165) is 29.3 Å². The topological polar surface area (TPSA) is 216 Å². The summed E-state index contributed by atoms with van der Waals surface area (Å²) in [6.45, 7) is 1.93. The number of azo groups is 1. The standard InChI is InChI=1S/C29H19Cl2N7O7S2.2Na/c1-15-7-9-16(10-8-15)21-14-23(38(37-21)18-5-3-2-4-6-18)35-36-25-22(47(43,44)45)12-17-11-19(46(40,41)42)13-20(24(17)26(25)39)27-32-28(30)34-29(31)33-27;;/h2-14,39H,1H3,(H,40,41,42)(H,43,44,45);;/q;2*+1/p-2. The maximum atomic E-state index is 14.0. The normalized spacial score (nSPS) is 11.8. The molecule has 0 saturated heterocycles. The predicted molar refractivity (Wildman–Crippen MR) is 168 cm³/mol. The van der Waals surface area contributed by atoms with E-state index in [9.17, 15) is 31.0 Å². The van der Waals surface area contributed by atoms with Crippen LogP contribution in [0, 0.1) is 6.92 Å². The van der Waals surface area contributed by atoms with Gasteiger partial charge in [-0.1, -0.05) is 53.8 Å². The summed E-state index contributed by atoms with van der Waals surface area (Å²) in [5.41, 5.74) is 1.60. The number of halogens is 2. The molecule has 2 heterocycles. The SMILES string of the molecule is Cc1ccc(-c2cc(N=Nc3c(S(=O)(=O)O)cc4cc(S(=O)(=O)[O-])cc(-c5nc(Cl)nc(Cl)n5)c4c3[O-])n(-c3ccccc3)n2)cc1.[Na+].[Na+]. The Hall–Kier alpha value is -2.84. The van der Waals surface area contributed by atoms with Crippen molar-refractivity contribution >= 4 is 65.7 Å². The molecule has 0 atom stereocenters. The van der Waals surface area contributed by atoms with E-state index in [-0.39, 0.29) is 81.3 Å². The predicted octanol–water partition coefficient (Wildman–Crippen LogP) is -0.192. The van der Waals surface area contributed by atoms with Crippen LogP contribution in [0.5, 0.6) is 5.75 Å². The Morgan fingerprint density at radius 2 is 1.47 bits per heavy atom. The van der Waals surface area contributed by atoms with Gasteiger partial charge in [-0.15, -0.1) is 10.2 Å². The summed E-state index contributed by atoms with van der Waals surface area (Å²) in [7, 11) is -10.4. The van der Waals surface area contributed by atoms with Crippen molar-refractivity contribution < 1.29 is 90.2 Å². The van der Waals surface area contributed by atoms with Crippen LogP contribution in [-0.2, 0) is 20.2 Å². The number of hydrogen-bond donors (Lipinski definition) is 1. The summed E-state index contributed by atoms with van der Waals surface area (Å²) >= 11 is 11.8. The molecule has 0 fully saturated rings. The van der Waals surface area contributed by atoms with Gasteiger partial charge in [-0.3, -0.25) is 4.55 Å². The summed E-state index contributed by atoms with van der Waals surface area (Å²) in [6, 6.07) is 20.2. The van der Waals surface area contributed by atoms with E-state index >= 15 is 0 Å². The number of hydrogen-bond acceptors (Lipinski definition) is 12. The molecule has 238 valence electrons. The van der Waals surface area contributed by atoms with E-state index in [1.54, 1.807) is 36.4 Å². The maximum absolute atomic E-state index is 14.0. The molecule has 20 heteroatoms. The monoisotopic (exact) mass is 755 g/mol. The number of para-hydroxylation sites is 1. The average Bonchev–Trinajstić information content (AvgIpc) is 3.43. The zero-order valence-corrected chi connectivity index (χ0v) is 32.8. The quantitative estimate of drug-likeness (QED) is 0.128. The number of aryl methyl sites for hydroxylation is 1. The van der Waals surface area contributed by atoms with Crippen molar-refractivity contribution in [1.29, 1.82) is 0 Å². The van der Waals surface area contributed by atoms with Gasteiger partial charge < -0.3 is 9.66 Å². The molecule has 14 nitrogen and oxygen atoms in total. The van der Waals surface area contributed by atoms with E-state index in [4.69, 9.17) is 23.2 Å². The minimum absolute atomic E-state index is 0. The molecule has 0 radical (unpaired) electrons. The molecule has 0 aliphatic rings. The minimum atomic E-state index is -5.18. The van der Waals surface area contributed by atoms with E-state index in [1.165, 1.54) is 4.68 Å². The number of aromatic nitrogens is 5. The van der Waals surface area contributed by atoms with Gasteiger partial charge in [-0.25, -0.2) is 13.1 Å². The van der Waals surface area contributed by atoms with Crippen LogP contribution < -0.4 is 64.2 Å². The molecule has 2 aromatic heterocycles. The van der Waals surface area contributed by atoms with Crippen LogP contribution in [0.4, 0.5) is 11.5 Å². The molecule has 0 amide bonds. The molecule has 6 aromatic rings. The summed E-state index contributed by atoms with van der Waals surface area (Å²) in [6.07, 6.45) is 0. The van der Waals surface area contributed by atoms with Gasteiger partial charge in [-0.05, 0) is 71.2 Å². The van der Waals surface area contributed by atoms with E-state index in [2.05, 4.69) is 30.3 Å². The number of rotatable bonds is 7. The van der Waals surface area contributed by atoms with Crippen LogP contribution in [0.25, 0.3) is 39.1 Å². The van der Waals surface area contributed by atoms with Gasteiger partial charge in [0.1, 0.15) is 15.0 Å². The Labute approximate surface area is 333 Å². The molecule has 1 N–H and O–H groups in total. The molecule has 4 aromatic carbocycles. The first-order valence-corrected chi connectivity index (χ1v) is 16.8. The first kappa shape index (κ1) is 39.0. The Balaban J connectivity index is 0.00000270. The minimum Gasteiger partial charge on any atom is -0.870 e. The molecule has 0 spiro atoms. The van der Waals surface area contributed by atoms with Crippen molar-refractivity contribution in [2.45, 2.75) is 16.7 Å². The number of nitrogens with zero attached hydrogens (tertiary/aromatic N) is 7. The zero-order valence-electron chi connectivity index (χ0n) is 25.6. The molecule has 0 aliphatic heterocycles. The molecular formula is C29H17Cl2N7Na2O7S2. The van der Waals surface area contributed by atoms with Crippen LogP contribution in [-0.4, -0.2) is 50.7 Å². The Morgan fingerprint density at radius 3 is 2.06 bits per heavy atom. The third-order valence-corrected chi connectivity index (χ3v) is 8.80. The van der Waals surface area contributed by atoms with Gasteiger partial charge in [0.15, 0.2) is 11.6 Å². The van der Waals surface area contributed by atoms with Crippen LogP contribution >= 0.6 is 23.2 Å². The van der Waals surface area contributed by atoms with Crippen molar-refractivity contribution in [3.8, 4) is 34.1 Å². The van der Waals surface area contributed by atoms with Gasteiger partial charge in [0.2, 0.25) is 10.6 Å². The van der Waals surface area contributed by atoms with Gasteiger partial charge in [0.05, 0.1) is 22.0 Å². The summed E-state index contributed by atoms with van der Waals surface area (Å²) < 4.78 is 72.6. The molecule has 6 rings (SSSR count). The summed E-state index contributed by atoms with van der Waals surface area (Å²) in [5, 5.41) is 25.2. The smallest absolute Gasteiger partial charge is 0.870 e. The number of benzene rings is 4. The van der Waals surface area contributed by atoms with Gasteiger partial charge in [-0.2, -0.15) is 28.5 Å². The molecule has 0 saturated carbocycles. The first-order chi connectivity index (χ1) is 22.2. The summed E-state index contributed by atoms with van der Waals surface area (Å²) in [4.78, 5) is 9.51. The third-order valence-electron chi connectivity index (χ3n) is 6.78. The van der Waals surface area contributed by atoms with Crippen LogP contribution in [0.3, 0.4) is 0 Å². The van der Waals surface area contributed by atoms with Gasteiger partial charge in [0, 0.05) is 17.2 Å². The fraction of sp³-hybridized carbons (Fsp3) is 0.0345. The van der Waals surface area contributed by atoms with Gasteiger partial charge >= 0.3 is 59.1 Å². The third kappa shape index (κ3) is 8.39. The van der Waals surface area contributed by atoms with Crippen molar-refractivity contribution in [1.82, 2.24) is 24.7 Å². The van der Waals surface area contributed by atoms with Crippen LogP contribution in [0.2, 0.25) is 10.6 Å². The second-order valence-electron chi connectivity index (χ2n) is 9.95. The first-order valence-electron chi connectivity index (χ1n) is 13.2. The largest absolute Gasteiger partial charge is 1.00 e. The van der Waals surface area contributed by atoms with Crippen molar-refractivity contribution in [3.05, 3.63) is 95.0 Å².